The summed E-state index contributed by atoms with van der Waals surface area (Å²) in [4.78, 5) is 13.1. The van der Waals surface area contributed by atoms with Crippen molar-refractivity contribution >= 4 is 26.0 Å². The average Bonchev–Trinajstić information content (AvgIpc) is 2.43. The lowest BCUT2D eigenvalue weighted by Gasteiger charge is -2.44. The van der Waals surface area contributed by atoms with E-state index in [1.165, 1.54) is 0 Å². The molecule has 11 heteroatoms. The van der Waals surface area contributed by atoms with Crippen LogP contribution in [0.1, 0.15) is 38.5 Å². The number of alkyl halides is 2. The molecule has 1 aliphatic carbocycles. The summed E-state index contributed by atoms with van der Waals surface area (Å²) >= 11 is 0. The Kier molecular flexibility index (Phi) is 5.03. The molecular weight excluding hydrogens is 354 g/mol. The van der Waals surface area contributed by atoms with Crippen molar-refractivity contribution in [2.75, 3.05) is 12.8 Å². The van der Waals surface area contributed by atoms with Crippen molar-refractivity contribution < 1.29 is 30.4 Å². The van der Waals surface area contributed by atoms with Crippen LogP contribution in [0.5, 0.6) is 0 Å². The molecule has 0 aromatic heterocycles. The highest BCUT2D eigenvalue weighted by molar-refractivity contribution is 8.05. The summed E-state index contributed by atoms with van der Waals surface area (Å²) in [6.45, 7) is 0.0595. The zero-order chi connectivity index (χ0) is 17.5. The Morgan fingerprint density at radius 2 is 1.65 bits per heavy atom. The molecule has 1 N–H and O–H groups in total. The van der Waals surface area contributed by atoms with Gasteiger partial charge in [-0.2, -0.15) is 8.78 Å². The van der Waals surface area contributed by atoms with Crippen LogP contribution >= 0.6 is 0 Å². The number of carbonyl (C=O) groups excluding carboxylic acids is 1. The Morgan fingerprint density at radius 1 is 1.09 bits per heavy atom. The molecule has 0 spiro atoms. The van der Waals surface area contributed by atoms with Crippen LogP contribution in [0.4, 0.5) is 8.78 Å². The van der Waals surface area contributed by atoms with Gasteiger partial charge in [0.05, 0.1) is 6.26 Å². The third-order valence-electron chi connectivity index (χ3n) is 4.35. The molecule has 2 unspecified atom stereocenters. The van der Waals surface area contributed by atoms with Gasteiger partial charge < -0.3 is 4.90 Å². The number of piperidine rings is 1. The maximum Gasteiger partial charge on any atom is 0.436 e. The van der Waals surface area contributed by atoms with Gasteiger partial charge >= 0.3 is 11.2 Å². The summed E-state index contributed by atoms with van der Waals surface area (Å²) in [6.07, 6.45) is 4.94. The Hall–Kier alpha value is -0.810. The van der Waals surface area contributed by atoms with E-state index in [0.717, 1.165) is 34.7 Å². The molecule has 1 saturated heterocycles. The van der Waals surface area contributed by atoms with Gasteiger partial charge in [0.25, 0.3) is 10.0 Å². The van der Waals surface area contributed by atoms with E-state index in [1.54, 1.807) is 0 Å². The number of fused-ring (bicyclic) bond motifs is 1. The first-order chi connectivity index (χ1) is 10.5. The van der Waals surface area contributed by atoms with Crippen LogP contribution < -0.4 is 4.13 Å². The quantitative estimate of drug-likeness (QED) is 0.778. The normalized spacial score (nSPS) is 26.7. The highest BCUT2D eigenvalue weighted by Crippen LogP contribution is 2.37. The van der Waals surface area contributed by atoms with Crippen LogP contribution in [0.25, 0.3) is 0 Å². The molecule has 2 fully saturated rings. The van der Waals surface area contributed by atoms with Gasteiger partial charge in [-0.25, -0.2) is 16.8 Å². The number of halogens is 2. The van der Waals surface area contributed by atoms with Gasteiger partial charge in [0, 0.05) is 12.6 Å². The van der Waals surface area contributed by atoms with Gasteiger partial charge in [-0.3, -0.25) is 4.79 Å². The monoisotopic (exact) mass is 374 g/mol. The summed E-state index contributed by atoms with van der Waals surface area (Å²) in [7, 11) is -10.1. The van der Waals surface area contributed by atoms with Crippen LogP contribution in [0, 0.1) is 5.92 Å². The van der Waals surface area contributed by atoms with Gasteiger partial charge in [0.1, 0.15) is 0 Å². The Balaban J connectivity index is 2.26. The molecule has 0 bridgehead atoms. The molecular formula is C12H20F2N2O5S2. The number of nitrogens with zero attached hydrogens (tertiary/aromatic N) is 1. The number of amides is 1. The van der Waals surface area contributed by atoms with Crippen LogP contribution in [-0.4, -0.2) is 51.7 Å². The first kappa shape index (κ1) is 18.5. The highest BCUT2D eigenvalue weighted by Gasteiger charge is 2.57. The first-order valence-corrected chi connectivity index (χ1v) is 10.8. The smallest absolute Gasteiger partial charge is 0.333 e. The second kappa shape index (κ2) is 6.25. The second-order valence-corrected chi connectivity index (χ2v) is 9.86. The summed E-state index contributed by atoms with van der Waals surface area (Å²) in [6, 6.07) is -0.399. The summed E-state index contributed by atoms with van der Waals surface area (Å²) in [5, 5.41) is -4.82. The van der Waals surface area contributed by atoms with Gasteiger partial charge in [-0.05, 0) is 31.6 Å². The van der Waals surface area contributed by atoms with Gasteiger partial charge in [0.2, 0.25) is 10.0 Å². The molecule has 2 atom stereocenters. The molecule has 1 heterocycles. The number of hydrogen-bond acceptors (Lipinski definition) is 5. The topological polar surface area (TPSA) is 101 Å². The standard InChI is InChI=1S/C12H20F2N2O5S2/c1-22(18,19)15-23(20,21)12(13,14)11(17)16-8-4-6-9-5-2-3-7-10(9)16/h9-10,15H,2-8H2,1H3. The Bertz CT molecular complexity index is 676. The fraction of sp³-hybridized carbons (Fsp3) is 0.917. The summed E-state index contributed by atoms with van der Waals surface area (Å²) in [5.74, 6) is -1.74. The number of hydrogen-bond donors (Lipinski definition) is 1. The predicted molar refractivity (Wildman–Crippen MR) is 78.5 cm³/mol. The van der Waals surface area contributed by atoms with Crippen molar-refractivity contribution in [2.45, 2.75) is 49.8 Å². The van der Waals surface area contributed by atoms with Crippen LogP contribution in [0.15, 0.2) is 0 Å². The lowest BCUT2D eigenvalue weighted by Crippen LogP contribution is -2.58. The largest absolute Gasteiger partial charge is 0.436 e. The van der Waals surface area contributed by atoms with Crippen molar-refractivity contribution in [3.8, 4) is 0 Å². The van der Waals surface area contributed by atoms with Gasteiger partial charge in [-0.1, -0.05) is 12.8 Å². The molecule has 1 saturated carbocycles. The molecule has 23 heavy (non-hydrogen) atoms. The van der Waals surface area contributed by atoms with E-state index in [4.69, 9.17) is 0 Å². The van der Waals surface area contributed by atoms with Crippen molar-refractivity contribution in [3.63, 3.8) is 0 Å². The Morgan fingerprint density at radius 3 is 2.26 bits per heavy atom. The number of nitrogens with one attached hydrogen (secondary N) is 1. The van der Waals surface area contributed by atoms with E-state index in [-0.39, 0.29) is 12.5 Å². The van der Waals surface area contributed by atoms with Crippen molar-refractivity contribution in [3.05, 3.63) is 0 Å². The molecule has 2 rings (SSSR count). The fourth-order valence-corrected chi connectivity index (χ4v) is 5.77. The molecule has 134 valence electrons. The maximum absolute atomic E-state index is 14.2. The zero-order valence-electron chi connectivity index (χ0n) is 12.7. The zero-order valence-corrected chi connectivity index (χ0v) is 14.3. The van der Waals surface area contributed by atoms with Crippen LogP contribution in [0.3, 0.4) is 0 Å². The van der Waals surface area contributed by atoms with Crippen molar-refractivity contribution in [1.82, 2.24) is 9.03 Å². The van der Waals surface area contributed by atoms with E-state index in [2.05, 4.69) is 0 Å². The van der Waals surface area contributed by atoms with E-state index in [0.29, 0.717) is 19.1 Å². The number of carbonyl (C=O) groups is 1. The molecule has 1 aliphatic heterocycles. The highest BCUT2D eigenvalue weighted by atomic mass is 32.3. The SMILES string of the molecule is CS(=O)(=O)NS(=O)(=O)C(F)(F)C(=O)N1CCCC2CCCCC21. The molecule has 0 radical (unpaired) electrons. The van der Waals surface area contributed by atoms with Gasteiger partial charge in [0.15, 0.2) is 0 Å². The lowest BCUT2D eigenvalue weighted by molar-refractivity contribution is -0.153. The third kappa shape index (κ3) is 3.82. The first-order valence-electron chi connectivity index (χ1n) is 7.38. The third-order valence-corrected chi connectivity index (χ3v) is 7.29. The van der Waals surface area contributed by atoms with Gasteiger partial charge in [-0.15, -0.1) is 4.13 Å². The number of likely N-dealkylation sites (tertiary alicyclic amines) is 1. The molecule has 0 aromatic rings. The fourth-order valence-electron chi connectivity index (χ4n) is 3.41. The van der Waals surface area contributed by atoms with Crippen LogP contribution in [-0.2, 0) is 24.8 Å². The lowest BCUT2D eigenvalue weighted by atomic mass is 9.78. The maximum atomic E-state index is 14.2. The predicted octanol–water partition coefficient (Wildman–Crippen LogP) is 0.639. The molecule has 2 aliphatic rings. The van der Waals surface area contributed by atoms with E-state index < -0.39 is 37.3 Å². The minimum atomic E-state index is -5.67. The molecule has 7 nitrogen and oxygen atoms in total. The number of sulfonamides is 2. The van der Waals surface area contributed by atoms with E-state index in [1.807, 2.05) is 0 Å². The average molecular weight is 374 g/mol. The summed E-state index contributed by atoms with van der Waals surface area (Å²) in [5.41, 5.74) is 0. The van der Waals surface area contributed by atoms with Crippen molar-refractivity contribution in [1.29, 1.82) is 0 Å². The molecule has 1 amide bonds. The van der Waals surface area contributed by atoms with Crippen molar-refractivity contribution in [2.24, 2.45) is 5.92 Å². The van der Waals surface area contributed by atoms with E-state index >= 15 is 0 Å². The van der Waals surface area contributed by atoms with Crippen LogP contribution in [0.2, 0.25) is 0 Å². The number of rotatable bonds is 4. The molecule has 0 aromatic carbocycles. The second-order valence-electron chi connectivity index (χ2n) is 6.13. The summed E-state index contributed by atoms with van der Waals surface area (Å²) < 4.78 is 74.4. The minimum absolute atomic E-state index is 0.0595. The Labute approximate surface area is 134 Å². The minimum Gasteiger partial charge on any atom is -0.333 e. The van der Waals surface area contributed by atoms with E-state index in [9.17, 15) is 30.4 Å².